The number of sulfonamides is 1. The van der Waals surface area contributed by atoms with E-state index in [1.54, 1.807) is 10.9 Å². The Bertz CT molecular complexity index is 497. The van der Waals surface area contributed by atoms with Gasteiger partial charge in [-0.15, -0.1) is 0 Å². The highest BCUT2D eigenvalue weighted by molar-refractivity contribution is 7.89. The molecule has 1 aliphatic rings. The Balaban J connectivity index is 2.12. The summed E-state index contributed by atoms with van der Waals surface area (Å²) in [6, 6.07) is 1.86. The van der Waals surface area contributed by atoms with Crippen molar-refractivity contribution in [3.8, 4) is 0 Å². The fourth-order valence-electron chi connectivity index (χ4n) is 2.14. The maximum Gasteiger partial charge on any atom is 0.214 e. The minimum atomic E-state index is -3.15. The van der Waals surface area contributed by atoms with Gasteiger partial charge in [-0.25, -0.2) is 8.42 Å². The fourth-order valence-corrected chi connectivity index (χ4v) is 3.63. The highest BCUT2D eigenvalue weighted by Gasteiger charge is 2.30. The third-order valence-corrected chi connectivity index (χ3v) is 5.12. The van der Waals surface area contributed by atoms with Gasteiger partial charge >= 0.3 is 0 Å². The predicted octanol–water partition coefficient (Wildman–Crippen LogP) is 0.533. The van der Waals surface area contributed by atoms with Gasteiger partial charge in [-0.1, -0.05) is 6.92 Å². The summed E-state index contributed by atoms with van der Waals surface area (Å²) in [5.74, 6) is 0.200. The molecule has 1 fully saturated rings. The van der Waals surface area contributed by atoms with E-state index >= 15 is 0 Å². The van der Waals surface area contributed by atoms with Gasteiger partial charge in [-0.3, -0.25) is 4.68 Å². The lowest BCUT2D eigenvalue weighted by Crippen LogP contribution is -2.43. The minimum Gasteiger partial charge on any atom is -0.369 e. The monoisotopic (exact) mass is 273 g/mol. The van der Waals surface area contributed by atoms with Crippen LogP contribution in [0.15, 0.2) is 12.3 Å². The van der Waals surface area contributed by atoms with Crippen LogP contribution in [0.2, 0.25) is 0 Å². The van der Waals surface area contributed by atoms with Crippen LogP contribution in [0.5, 0.6) is 0 Å². The van der Waals surface area contributed by atoms with Crippen LogP contribution in [0, 0.1) is 0 Å². The second-order valence-electron chi connectivity index (χ2n) is 4.41. The molecule has 2 rings (SSSR count). The number of aryl methyl sites for hydroxylation is 1. The van der Waals surface area contributed by atoms with Gasteiger partial charge in [0.1, 0.15) is 6.10 Å². The predicted molar refractivity (Wildman–Crippen MR) is 67.6 cm³/mol. The standard InChI is InChI=1S/C11H19N3O3S/c1-3-8-18(15,16)14-6-7-17-11(9-14)10-4-5-12-13(10)2/h4-5,11H,3,6-9H2,1-2H3. The molecule has 0 aliphatic carbocycles. The lowest BCUT2D eigenvalue weighted by Gasteiger charge is -2.32. The molecule has 1 aromatic rings. The van der Waals surface area contributed by atoms with Gasteiger partial charge in [0.2, 0.25) is 10.0 Å². The number of ether oxygens (including phenoxy) is 1. The topological polar surface area (TPSA) is 64.4 Å². The number of morpholine rings is 1. The zero-order chi connectivity index (χ0) is 13.2. The second kappa shape index (κ2) is 5.38. The molecule has 1 saturated heterocycles. The Labute approximate surface area is 108 Å². The molecule has 0 aromatic carbocycles. The summed E-state index contributed by atoms with van der Waals surface area (Å²) in [6.07, 6.45) is 2.10. The number of hydrogen-bond donors (Lipinski definition) is 0. The zero-order valence-electron chi connectivity index (χ0n) is 10.7. The van der Waals surface area contributed by atoms with Crippen molar-refractivity contribution in [3.05, 3.63) is 18.0 Å². The Kier molecular flexibility index (Phi) is 4.04. The number of nitrogens with zero attached hydrogens (tertiary/aromatic N) is 3. The quantitative estimate of drug-likeness (QED) is 0.803. The maximum absolute atomic E-state index is 12.0. The lowest BCUT2D eigenvalue weighted by molar-refractivity contribution is -0.00692. The van der Waals surface area contributed by atoms with Crippen molar-refractivity contribution in [2.24, 2.45) is 7.05 Å². The Morgan fingerprint density at radius 1 is 1.56 bits per heavy atom. The van der Waals surface area contributed by atoms with Gasteiger partial charge in [0, 0.05) is 26.3 Å². The molecule has 0 radical (unpaired) electrons. The molecule has 1 aromatic heterocycles. The maximum atomic E-state index is 12.0. The van der Waals surface area contributed by atoms with Gasteiger partial charge < -0.3 is 4.74 Å². The van der Waals surface area contributed by atoms with Crippen LogP contribution in [-0.4, -0.2) is 48.0 Å². The molecule has 1 unspecified atom stereocenters. The van der Waals surface area contributed by atoms with Gasteiger partial charge in [0.15, 0.2) is 0 Å². The van der Waals surface area contributed by atoms with E-state index in [1.165, 1.54) is 4.31 Å². The van der Waals surface area contributed by atoms with Crippen LogP contribution >= 0.6 is 0 Å². The van der Waals surface area contributed by atoms with E-state index in [-0.39, 0.29) is 11.9 Å². The van der Waals surface area contributed by atoms with Crippen molar-refractivity contribution in [2.45, 2.75) is 19.4 Å². The van der Waals surface area contributed by atoms with E-state index in [4.69, 9.17) is 4.74 Å². The molecule has 0 N–H and O–H groups in total. The van der Waals surface area contributed by atoms with E-state index < -0.39 is 10.0 Å². The van der Waals surface area contributed by atoms with Crippen molar-refractivity contribution in [3.63, 3.8) is 0 Å². The minimum absolute atomic E-state index is 0.200. The van der Waals surface area contributed by atoms with Crippen molar-refractivity contribution in [2.75, 3.05) is 25.4 Å². The molecule has 0 bridgehead atoms. The smallest absolute Gasteiger partial charge is 0.214 e. The van der Waals surface area contributed by atoms with Gasteiger partial charge in [-0.2, -0.15) is 9.40 Å². The highest BCUT2D eigenvalue weighted by Crippen LogP contribution is 2.23. The van der Waals surface area contributed by atoms with E-state index in [0.29, 0.717) is 26.1 Å². The first-order valence-electron chi connectivity index (χ1n) is 6.12. The van der Waals surface area contributed by atoms with Gasteiger partial charge in [-0.05, 0) is 12.5 Å². The third-order valence-electron chi connectivity index (χ3n) is 3.07. The van der Waals surface area contributed by atoms with E-state index in [9.17, 15) is 8.42 Å². The number of hydrogen-bond acceptors (Lipinski definition) is 4. The Morgan fingerprint density at radius 2 is 2.33 bits per heavy atom. The van der Waals surface area contributed by atoms with Crippen LogP contribution in [0.4, 0.5) is 0 Å². The van der Waals surface area contributed by atoms with Crippen molar-refractivity contribution in [1.29, 1.82) is 0 Å². The van der Waals surface area contributed by atoms with Crippen LogP contribution in [0.25, 0.3) is 0 Å². The normalized spacial score (nSPS) is 22.2. The molecule has 18 heavy (non-hydrogen) atoms. The molecule has 0 spiro atoms. The van der Waals surface area contributed by atoms with Crippen LogP contribution < -0.4 is 0 Å². The van der Waals surface area contributed by atoms with Crippen molar-refractivity contribution < 1.29 is 13.2 Å². The highest BCUT2D eigenvalue weighted by atomic mass is 32.2. The summed E-state index contributed by atoms with van der Waals surface area (Å²) in [7, 11) is -1.32. The molecular weight excluding hydrogens is 254 g/mol. The van der Waals surface area contributed by atoms with Crippen LogP contribution in [-0.2, 0) is 21.8 Å². The first-order valence-corrected chi connectivity index (χ1v) is 7.73. The molecule has 6 nitrogen and oxygen atoms in total. The Hall–Kier alpha value is -0.920. The van der Waals surface area contributed by atoms with Crippen molar-refractivity contribution >= 4 is 10.0 Å². The number of aromatic nitrogens is 2. The molecule has 7 heteroatoms. The summed E-state index contributed by atoms with van der Waals surface area (Å²) in [5.41, 5.74) is 0.909. The molecule has 2 heterocycles. The molecule has 1 atom stereocenters. The Morgan fingerprint density at radius 3 is 2.94 bits per heavy atom. The first kappa shape index (κ1) is 13.5. The second-order valence-corrected chi connectivity index (χ2v) is 6.50. The number of rotatable bonds is 4. The third kappa shape index (κ3) is 2.73. The van der Waals surface area contributed by atoms with E-state index in [0.717, 1.165) is 5.69 Å². The fraction of sp³-hybridized carbons (Fsp3) is 0.727. The summed E-state index contributed by atoms with van der Waals surface area (Å²) in [5, 5.41) is 4.08. The molecule has 1 aliphatic heterocycles. The zero-order valence-corrected chi connectivity index (χ0v) is 11.6. The largest absolute Gasteiger partial charge is 0.369 e. The molecule has 102 valence electrons. The summed E-state index contributed by atoms with van der Waals surface area (Å²) < 4.78 is 33.0. The summed E-state index contributed by atoms with van der Waals surface area (Å²) in [6.45, 7) is 3.12. The summed E-state index contributed by atoms with van der Waals surface area (Å²) >= 11 is 0. The van der Waals surface area contributed by atoms with Gasteiger partial charge in [0.25, 0.3) is 0 Å². The first-order chi connectivity index (χ1) is 8.54. The van der Waals surface area contributed by atoms with Gasteiger partial charge in [0.05, 0.1) is 18.1 Å². The average Bonchev–Trinajstić information content (AvgIpc) is 2.76. The van der Waals surface area contributed by atoms with E-state index in [1.807, 2.05) is 20.0 Å². The SMILES string of the molecule is CCCS(=O)(=O)N1CCOC(c2ccnn2C)C1. The van der Waals surface area contributed by atoms with Crippen molar-refractivity contribution in [1.82, 2.24) is 14.1 Å². The van der Waals surface area contributed by atoms with E-state index in [2.05, 4.69) is 5.10 Å². The lowest BCUT2D eigenvalue weighted by atomic mass is 10.2. The molecular formula is C11H19N3O3S. The molecule has 0 saturated carbocycles. The molecule has 0 amide bonds. The summed E-state index contributed by atoms with van der Waals surface area (Å²) in [4.78, 5) is 0. The van der Waals surface area contributed by atoms with Crippen LogP contribution in [0.3, 0.4) is 0 Å². The van der Waals surface area contributed by atoms with Crippen LogP contribution in [0.1, 0.15) is 25.1 Å². The average molecular weight is 273 g/mol.